The number of imidazole rings is 2. The minimum Gasteiger partial charge on any atom is -0.501 e. The molecule has 0 aliphatic rings. The molecule has 3 heterocycles. The van der Waals surface area contributed by atoms with E-state index in [1.54, 1.807) is 0 Å². The Labute approximate surface area is 411 Å². The maximum Gasteiger partial charge on any atom is 0.120 e. The van der Waals surface area contributed by atoms with E-state index in [1.165, 1.54) is 16.7 Å². The van der Waals surface area contributed by atoms with Crippen LogP contribution in [0.15, 0.2) is 144 Å². The van der Waals surface area contributed by atoms with Gasteiger partial charge < -0.3 is 14.0 Å². The largest absolute Gasteiger partial charge is 0.501 e. The molecule has 0 bridgehead atoms. The monoisotopic (exact) mass is 1080 g/mol. The van der Waals surface area contributed by atoms with Crippen molar-refractivity contribution in [2.24, 2.45) is 0 Å². The quantitative estimate of drug-likeness (QED) is 0.110. The van der Waals surface area contributed by atoms with Gasteiger partial charge in [-0.05, 0) is 76.4 Å². The molecule has 0 amide bonds. The summed E-state index contributed by atoms with van der Waals surface area (Å²) in [6.07, 6.45) is 0. The molecule has 337 valence electrons. The first-order valence-electron chi connectivity index (χ1n) is 24.7. The van der Waals surface area contributed by atoms with Gasteiger partial charge in [0.2, 0.25) is 0 Å². The van der Waals surface area contributed by atoms with Gasteiger partial charge in [-0.15, -0.1) is 54.1 Å². The number of nitrogens with zero attached hydrogens (tertiary/aromatic N) is 3. The zero-order valence-corrected chi connectivity index (χ0v) is 43.9. The van der Waals surface area contributed by atoms with Crippen LogP contribution in [0.4, 0.5) is 0 Å². The van der Waals surface area contributed by atoms with Crippen LogP contribution in [0.5, 0.6) is 0 Å². The number of hydrogen-bond acceptors (Lipinski definition) is 3. The molecule has 0 saturated heterocycles. The van der Waals surface area contributed by atoms with E-state index in [0.29, 0.717) is 11.4 Å². The third-order valence-corrected chi connectivity index (χ3v) is 13.5. The normalized spacial score (nSPS) is 13.4. The van der Waals surface area contributed by atoms with Gasteiger partial charge in [-0.3, -0.25) is 9.97 Å². The van der Waals surface area contributed by atoms with Gasteiger partial charge in [-0.25, -0.2) is 0 Å². The molecule has 3 aromatic heterocycles. The fraction of sp³-hybridized carbons (Fsp3) is 0.241. The molecule has 0 unspecified atom stereocenters. The SMILES string of the molecule is [2H]C([2H])(c1cc(C(C)C)c(-c2cccc3nc(-c4[c-]cccc4)[nH]c23)c(C(C)C)c1)[Si](C)(C)C.[2H]C([2H])(c1ccccc1-n1c(-c2[c-]ccc3c2oc2ccccc23)nc2ccccc21)[Si](C)(C)C.[Ir]. The van der Waals surface area contributed by atoms with Crippen LogP contribution < -0.4 is 0 Å². The van der Waals surface area contributed by atoms with Crippen molar-refractivity contribution in [1.29, 1.82) is 0 Å². The van der Waals surface area contributed by atoms with Crippen LogP contribution in [-0.4, -0.2) is 35.7 Å². The first kappa shape index (κ1) is 41.8. The summed E-state index contributed by atoms with van der Waals surface area (Å²) in [5, 5.41) is 2.06. The number of rotatable bonds is 10. The van der Waals surface area contributed by atoms with Gasteiger partial charge in [-0.2, -0.15) is 0 Å². The van der Waals surface area contributed by atoms with Crippen molar-refractivity contribution in [1.82, 2.24) is 19.5 Å². The molecule has 7 aromatic carbocycles. The topological polar surface area (TPSA) is 59.6 Å². The summed E-state index contributed by atoms with van der Waals surface area (Å²) in [7, 11) is -4.33. The Kier molecular flexibility index (Phi) is 12.0. The summed E-state index contributed by atoms with van der Waals surface area (Å²) >= 11 is 0. The first-order valence-corrected chi connectivity index (χ1v) is 29.7. The summed E-state index contributed by atoms with van der Waals surface area (Å²) < 4.78 is 44.6. The summed E-state index contributed by atoms with van der Waals surface area (Å²) in [5.41, 5.74) is 14.0. The van der Waals surface area contributed by atoms with Gasteiger partial charge in [0.05, 0.1) is 39.3 Å². The van der Waals surface area contributed by atoms with Gasteiger partial charge in [0.25, 0.3) is 0 Å². The van der Waals surface area contributed by atoms with E-state index in [0.717, 1.165) is 77.8 Å². The molecule has 0 spiro atoms. The van der Waals surface area contributed by atoms with E-state index < -0.39 is 28.1 Å². The second-order valence-electron chi connectivity index (χ2n) is 19.6. The van der Waals surface area contributed by atoms with E-state index >= 15 is 0 Å². The fourth-order valence-electron chi connectivity index (χ4n) is 8.80. The van der Waals surface area contributed by atoms with E-state index in [4.69, 9.17) is 19.9 Å². The van der Waals surface area contributed by atoms with Crippen LogP contribution in [0.1, 0.15) is 67.3 Å². The van der Waals surface area contributed by atoms with Crippen LogP contribution >= 0.6 is 0 Å². The Balaban J connectivity index is 0.000000186. The average Bonchev–Trinajstić information content (AvgIpc) is 4.05. The predicted octanol–water partition coefficient (Wildman–Crippen LogP) is 16.2. The molecule has 0 saturated carbocycles. The molecule has 1 radical (unpaired) electrons. The zero-order valence-electron chi connectivity index (χ0n) is 43.5. The molecule has 8 heteroatoms. The number of furan rings is 1. The van der Waals surface area contributed by atoms with E-state index in [9.17, 15) is 0 Å². The van der Waals surface area contributed by atoms with Gasteiger partial charge in [0, 0.05) is 58.4 Å². The van der Waals surface area contributed by atoms with Crippen molar-refractivity contribution in [3.8, 4) is 39.6 Å². The smallest absolute Gasteiger partial charge is 0.120 e. The Morgan fingerprint density at radius 2 is 1.33 bits per heavy atom. The number of hydrogen-bond donors (Lipinski definition) is 1. The second kappa shape index (κ2) is 18.9. The molecule has 0 fully saturated rings. The molecule has 66 heavy (non-hydrogen) atoms. The summed E-state index contributed by atoms with van der Waals surface area (Å²) in [6.45, 7) is 21.3. The summed E-state index contributed by atoms with van der Waals surface area (Å²) in [6, 6.07) is 52.8. The first-order chi connectivity index (χ1) is 32.7. The number of H-pyrrole nitrogens is 1. The summed E-state index contributed by atoms with van der Waals surface area (Å²) in [4.78, 5) is 13.5. The van der Waals surface area contributed by atoms with Crippen molar-refractivity contribution < 1.29 is 30.0 Å². The molecular weight excluding hydrogens is 1020 g/mol. The molecule has 5 nitrogen and oxygen atoms in total. The maximum atomic E-state index is 9.12. The van der Waals surface area contributed by atoms with E-state index in [1.807, 2.05) is 109 Å². The number of nitrogens with one attached hydrogen (secondary N) is 1. The Morgan fingerprint density at radius 1 is 0.667 bits per heavy atom. The van der Waals surface area contributed by atoms with Gasteiger partial charge in [0.15, 0.2) is 0 Å². The number of aromatic nitrogens is 4. The minimum absolute atomic E-state index is 0. The average molecular weight is 1080 g/mol. The number of aromatic amines is 1. The standard InChI is InChI=1S/C29H25N2OSi.C29H35N2Si.Ir/c1-33(2,3)19-20-11-4-7-16-25(20)31-26-17-8-6-15-24(26)30-29(31)23-14-10-13-22-21-12-5-9-18-27(21)32-28(22)23;1-19(2)24-16-21(18-32(5,6)7)17-25(20(3)4)27(24)23-14-11-15-26-28(23)31-29(30-26)22-12-9-8-10-13-22;/h4-13,15-18H,19H2,1-3H3;8-12,14-17,19-20H,18H2,1-7H3,(H,30,31);/q2*-1;/i19D2;18D2;. The maximum absolute atomic E-state index is 9.12. The van der Waals surface area contributed by atoms with E-state index in [2.05, 4.69) is 119 Å². The number of para-hydroxylation sites is 5. The van der Waals surface area contributed by atoms with Crippen molar-refractivity contribution in [3.63, 3.8) is 0 Å². The number of fused-ring (bicyclic) bond motifs is 5. The zero-order chi connectivity index (χ0) is 49.2. The molecule has 10 rings (SSSR count). The molecule has 10 aromatic rings. The van der Waals surface area contributed by atoms with Crippen LogP contribution in [0.2, 0.25) is 39.3 Å². The minimum atomic E-state index is -2.23. The van der Waals surface area contributed by atoms with Crippen molar-refractivity contribution in [3.05, 3.63) is 174 Å². The molecular formula is C58H60IrN4OSi2-2. The molecule has 0 aliphatic heterocycles. The van der Waals surface area contributed by atoms with Crippen LogP contribution in [-0.2, 0) is 32.1 Å². The van der Waals surface area contributed by atoms with Gasteiger partial charge in [0.1, 0.15) is 5.58 Å². The fourth-order valence-corrected chi connectivity index (χ4v) is 10.8. The van der Waals surface area contributed by atoms with Crippen LogP contribution in [0.3, 0.4) is 0 Å². The Morgan fingerprint density at radius 3 is 2.05 bits per heavy atom. The molecule has 0 aliphatic carbocycles. The van der Waals surface area contributed by atoms with Crippen molar-refractivity contribution in [2.45, 2.75) is 90.8 Å². The van der Waals surface area contributed by atoms with Crippen LogP contribution in [0.25, 0.3) is 83.6 Å². The summed E-state index contributed by atoms with van der Waals surface area (Å²) in [5.74, 6) is -0.743. The molecule has 1 N–H and O–H groups in total. The Hall–Kier alpha value is -5.64. The van der Waals surface area contributed by atoms with Gasteiger partial charge >= 0.3 is 0 Å². The predicted molar refractivity (Wildman–Crippen MR) is 281 cm³/mol. The Bertz CT molecular complexity index is 3480. The number of benzene rings is 7. The van der Waals surface area contributed by atoms with Crippen molar-refractivity contribution in [2.75, 3.05) is 0 Å². The van der Waals surface area contributed by atoms with Gasteiger partial charge in [-0.1, -0.05) is 156 Å². The second-order valence-corrected chi connectivity index (χ2v) is 29.1. The molecule has 0 atom stereocenters. The van der Waals surface area contributed by atoms with Crippen LogP contribution in [0, 0.1) is 12.1 Å². The van der Waals surface area contributed by atoms with Crippen molar-refractivity contribution >= 4 is 60.2 Å². The third-order valence-electron chi connectivity index (χ3n) is 11.5. The third kappa shape index (κ3) is 9.61. The van der Waals surface area contributed by atoms with E-state index in [-0.39, 0.29) is 31.9 Å².